The molecule has 0 saturated heterocycles. The normalized spacial score (nSPS) is 15.3. The number of nitrogens with zero attached hydrogens (tertiary/aromatic N) is 3. The molecule has 0 radical (unpaired) electrons. The van der Waals surface area contributed by atoms with E-state index in [1.165, 1.54) is 11.1 Å². The van der Waals surface area contributed by atoms with Crippen LogP contribution in [-0.4, -0.2) is 28.7 Å². The monoisotopic (exact) mass is 454 g/mol. The molecule has 0 aliphatic carbocycles. The lowest BCUT2D eigenvalue weighted by atomic mass is 9.97. The highest BCUT2D eigenvalue weighted by Crippen LogP contribution is 2.29. The van der Waals surface area contributed by atoms with Crippen LogP contribution in [-0.2, 0) is 11.3 Å². The van der Waals surface area contributed by atoms with E-state index in [2.05, 4.69) is 54.0 Å². The van der Waals surface area contributed by atoms with Crippen LogP contribution in [0.3, 0.4) is 0 Å². The number of rotatable bonds is 7. The Morgan fingerprint density at radius 1 is 1.09 bits per heavy atom. The molecule has 1 aliphatic rings. The van der Waals surface area contributed by atoms with Crippen molar-refractivity contribution in [2.75, 3.05) is 6.61 Å². The average molecular weight is 455 g/mol. The van der Waals surface area contributed by atoms with E-state index in [4.69, 9.17) is 14.6 Å². The molecule has 6 nitrogen and oxygen atoms in total. The summed E-state index contributed by atoms with van der Waals surface area (Å²) in [5.41, 5.74) is 11.1. The van der Waals surface area contributed by atoms with Gasteiger partial charge in [0.05, 0.1) is 30.1 Å². The molecule has 0 bridgehead atoms. The minimum atomic E-state index is -0.0437. The lowest BCUT2D eigenvalue weighted by molar-refractivity contribution is 0.0622. The average Bonchev–Trinajstić information content (AvgIpc) is 2.81. The van der Waals surface area contributed by atoms with Crippen molar-refractivity contribution in [2.24, 2.45) is 4.99 Å². The fourth-order valence-corrected chi connectivity index (χ4v) is 3.89. The molecule has 0 amide bonds. The van der Waals surface area contributed by atoms with Crippen molar-refractivity contribution in [1.29, 1.82) is 0 Å². The first-order chi connectivity index (χ1) is 16.3. The van der Waals surface area contributed by atoms with E-state index < -0.39 is 0 Å². The largest absolute Gasteiger partial charge is 0.455 e. The SMILES string of the molecule is C=C(C)c1cccc(Oc2cnnc(C)c2C2=N[C@H](Cc3ccc(C(=C)C)cc3C)CON2)c1. The Labute approximate surface area is 201 Å². The van der Waals surface area contributed by atoms with Crippen molar-refractivity contribution in [3.05, 3.63) is 95.3 Å². The zero-order valence-corrected chi connectivity index (χ0v) is 20.2. The number of hydrogen-bond donors (Lipinski definition) is 1. The number of aryl methyl sites for hydroxylation is 2. The lowest BCUT2D eigenvalue weighted by Crippen LogP contribution is -2.37. The number of hydroxylamine groups is 1. The standard InChI is InChI=1S/C28H30N4O2/c1-17(2)21-8-7-9-25(14-21)34-26-15-29-31-20(6)27(26)28-30-24(16-33-32-28)13-23-11-10-22(18(3)4)12-19(23)5/h7-12,14-15,24H,1,3,13,16H2,2,4-6H3,(H,30,32)/t24-/m1/s1. The summed E-state index contributed by atoms with van der Waals surface area (Å²) < 4.78 is 6.21. The van der Waals surface area contributed by atoms with E-state index in [1.807, 2.05) is 45.0 Å². The molecule has 1 atom stereocenters. The Morgan fingerprint density at radius 2 is 1.85 bits per heavy atom. The second-order valence-corrected chi connectivity index (χ2v) is 8.75. The van der Waals surface area contributed by atoms with Crippen LogP contribution in [0, 0.1) is 13.8 Å². The van der Waals surface area contributed by atoms with E-state index in [-0.39, 0.29) is 6.04 Å². The number of nitrogens with one attached hydrogen (secondary N) is 1. The summed E-state index contributed by atoms with van der Waals surface area (Å²) in [7, 11) is 0. The molecule has 6 heteroatoms. The Hall–Kier alpha value is -3.77. The first-order valence-electron chi connectivity index (χ1n) is 11.3. The minimum absolute atomic E-state index is 0.0437. The van der Waals surface area contributed by atoms with Crippen molar-refractivity contribution in [1.82, 2.24) is 15.7 Å². The summed E-state index contributed by atoms with van der Waals surface area (Å²) in [6.07, 6.45) is 2.37. The van der Waals surface area contributed by atoms with Gasteiger partial charge in [0.2, 0.25) is 0 Å². The molecule has 1 aliphatic heterocycles. The molecule has 0 fully saturated rings. The molecule has 174 valence electrons. The third-order valence-electron chi connectivity index (χ3n) is 5.83. The van der Waals surface area contributed by atoms with E-state index >= 15 is 0 Å². The Morgan fingerprint density at radius 3 is 2.59 bits per heavy atom. The van der Waals surface area contributed by atoms with Crippen LogP contribution in [0.4, 0.5) is 0 Å². The fraction of sp³-hybridized carbons (Fsp3) is 0.250. The summed E-state index contributed by atoms with van der Waals surface area (Å²) in [4.78, 5) is 10.7. The highest BCUT2D eigenvalue weighted by atomic mass is 16.6. The summed E-state index contributed by atoms with van der Waals surface area (Å²) in [6, 6.07) is 14.2. The predicted molar refractivity (Wildman–Crippen MR) is 137 cm³/mol. The van der Waals surface area contributed by atoms with Crippen molar-refractivity contribution in [3.63, 3.8) is 0 Å². The molecule has 0 unspecified atom stereocenters. The first kappa shape index (κ1) is 23.4. The zero-order valence-electron chi connectivity index (χ0n) is 20.2. The number of aliphatic imine (C=N–C) groups is 1. The van der Waals surface area contributed by atoms with Gasteiger partial charge in [0.25, 0.3) is 0 Å². The van der Waals surface area contributed by atoms with Gasteiger partial charge in [0.1, 0.15) is 5.75 Å². The maximum absolute atomic E-state index is 6.21. The minimum Gasteiger partial charge on any atom is -0.455 e. The van der Waals surface area contributed by atoms with Gasteiger partial charge in [-0.3, -0.25) is 9.83 Å². The molecule has 1 N–H and O–H groups in total. The maximum Gasteiger partial charge on any atom is 0.160 e. The highest BCUT2D eigenvalue weighted by Gasteiger charge is 2.23. The van der Waals surface area contributed by atoms with Gasteiger partial charge in [-0.15, -0.1) is 0 Å². The fourth-order valence-electron chi connectivity index (χ4n) is 3.89. The smallest absolute Gasteiger partial charge is 0.160 e. The first-order valence-corrected chi connectivity index (χ1v) is 11.3. The number of aromatic nitrogens is 2. The predicted octanol–water partition coefficient (Wildman–Crippen LogP) is 5.84. The van der Waals surface area contributed by atoms with Crippen LogP contribution in [0.15, 0.2) is 66.8 Å². The summed E-state index contributed by atoms with van der Waals surface area (Å²) in [5.74, 6) is 1.84. The number of hydrogen-bond acceptors (Lipinski definition) is 6. The summed E-state index contributed by atoms with van der Waals surface area (Å²) >= 11 is 0. The topological polar surface area (TPSA) is 68.6 Å². The highest BCUT2D eigenvalue weighted by molar-refractivity contribution is 6.01. The Bertz CT molecular complexity index is 1280. The van der Waals surface area contributed by atoms with Crippen molar-refractivity contribution >= 4 is 17.0 Å². The third kappa shape index (κ3) is 5.24. The molecule has 1 aromatic heterocycles. The third-order valence-corrected chi connectivity index (χ3v) is 5.83. The van der Waals surface area contributed by atoms with E-state index in [0.717, 1.165) is 34.3 Å². The molecule has 2 aromatic carbocycles. The Kier molecular flexibility index (Phi) is 6.89. The van der Waals surface area contributed by atoms with Gasteiger partial charge in [-0.1, -0.05) is 54.6 Å². The van der Waals surface area contributed by atoms with Crippen LogP contribution in [0.1, 0.15) is 47.4 Å². The van der Waals surface area contributed by atoms with Crippen molar-refractivity contribution in [3.8, 4) is 11.5 Å². The second-order valence-electron chi connectivity index (χ2n) is 8.75. The van der Waals surface area contributed by atoms with Crippen LogP contribution in [0.25, 0.3) is 11.1 Å². The molecule has 34 heavy (non-hydrogen) atoms. The molecule has 2 heterocycles. The van der Waals surface area contributed by atoms with Gasteiger partial charge in [0, 0.05) is 0 Å². The molecule has 3 aromatic rings. The number of benzene rings is 2. The van der Waals surface area contributed by atoms with Crippen molar-refractivity contribution < 1.29 is 9.57 Å². The van der Waals surface area contributed by atoms with Gasteiger partial charge in [-0.25, -0.2) is 5.48 Å². The van der Waals surface area contributed by atoms with Gasteiger partial charge < -0.3 is 4.74 Å². The molecular weight excluding hydrogens is 424 g/mol. The molecular formula is C28H30N4O2. The lowest BCUT2D eigenvalue weighted by Gasteiger charge is -2.24. The number of allylic oxidation sites excluding steroid dienone is 2. The quantitative estimate of drug-likeness (QED) is 0.485. The van der Waals surface area contributed by atoms with Gasteiger partial charge in [0.15, 0.2) is 11.6 Å². The Balaban J connectivity index is 1.62. The molecule has 4 rings (SSSR count). The maximum atomic E-state index is 6.21. The van der Waals surface area contributed by atoms with Crippen LogP contribution in [0.2, 0.25) is 0 Å². The number of amidine groups is 1. The van der Waals surface area contributed by atoms with E-state index in [1.54, 1.807) is 6.20 Å². The van der Waals surface area contributed by atoms with Crippen molar-refractivity contribution in [2.45, 2.75) is 40.2 Å². The van der Waals surface area contributed by atoms with E-state index in [0.29, 0.717) is 29.6 Å². The summed E-state index contributed by atoms with van der Waals surface area (Å²) in [5, 5.41) is 8.31. The zero-order chi connectivity index (χ0) is 24.2. The summed E-state index contributed by atoms with van der Waals surface area (Å²) in [6.45, 7) is 16.5. The van der Waals surface area contributed by atoms with Crippen LogP contribution in [0.5, 0.6) is 11.5 Å². The van der Waals surface area contributed by atoms with Gasteiger partial charge >= 0.3 is 0 Å². The van der Waals surface area contributed by atoms with Crippen LogP contribution >= 0.6 is 0 Å². The van der Waals surface area contributed by atoms with Gasteiger partial charge in [-0.05, 0) is 68.5 Å². The molecule has 0 saturated carbocycles. The van der Waals surface area contributed by atoms with Crippen LogP contribution < -0.4 is 10.2 Å². The van der Waals surface area contributed by atoms with E-state index in [9.17, 15) is 0 Å². The number of ether oxygens (including phenoxy) is 1. The molecule has 0 spiro atoms. The van der Waals surface area contributed by atoms with Gasteiger partial charge in [-0.2, -0.15) is 10.2 Å². The second kappa shape index (κ2) is 10.0.